The molecular weight excluding hydrogens is 302 g/mol. The molecule has 0 aliphatic heterocycles. The second kappa shape index (κ2) is 4.89. The third-order valence-corrected chi connectivity index (χ3v) is 4.03. The van der Waals surface area contributed by atoms with Gasteiger partial charge < -0.3 is 10.5 Å². The molecule has 1 aromatic heterocycles. The SMILES string of the molecule is COC(=O)c1scc(-c2ccccc2Br)c1N. The second-order valence-electron chi connectivity index (χ2n) is 3.36. The number of methoxy groups -OCH3 is 1. The molecule has 0 aliphatic rings. The van der Waals surface area contributed by atoms with Crippen LogP contribution in [0.1, 0.15) is 9.67 Å². The molecule has 0 spiro atoms. The highest BCUT2D eigenvalue weighted by molar-refractivity contribution is 9.10. The van der Waals surface area contributed by atoms with E-state index in [-0.39, 0.29) is 0 Å². The molecule has 1 heterocycles. The van der Waals surface area contributed by atoms with Crippen molar-refractivity contribution < 1.29 is 9.53 Å². The van der Waals surface area contributed by atoms with Gasteiger partial charge in [0.2, 0.25) is 0 Å². The predicted octanol–water partition coefficient (Wildman–Crippen LogP) is 3.55. The fourth-order valence-corrected chi connectivity index (χ4v) is 2.91. The fourth-order valence-electron chi connectivity index (χ4n) is 1.51. The normalized spacial score (nSPS) is 10.2. The molecule has 0 amide bonds. The average molecular weight is 312 g/mol. The molecule has 0 fully saturated rings. The van der Waals surface area contributed by atoms with Gasteiger partial charge in [0.05, 0.1) is 12.8 Å². The molecule has 2 rings (SSSR count). The molecule has 17 heavy (non-hydrogen) atoms. The molecule has 0 saturated heterocycles. The summed E-state index contributed by atoms with van der Waals surface area (Å²) in [7, 11) is 1.35. The minimum Gasteiger partial charge on any atom is -0.465 e. The highest BCUT2D eigenvalue weighted by Crippen LogP contribution is 2.37. The van der Waals surface area contributed by atoms with Gasteiger partial charge in [-0.1, -0.05) is 34.1 Å². The van der Waals surface area contributed by atoms with Crippen LogP contribution in [0.2, 0.25) is 0 Å². The van der Waals surface area contributed by atoms with Gasteiger partial charge in [0.1, 0.15) is 4.88 Å². The van der Waals surface area contributed by atoms with Crippen molar-refractivity contribution in [2.45, 2.75) is 0 Å². The highest BCUT2D eigenvalue weighted by Gasteiger charge is 2.17. The minimum absolute atomic E-state index is 0.397. The summed E-state index contributed by atoms with van der Waals surface area (Å²) in [6.45, 7) is 0. The summed E-state index contributed by atoms with van der Waals surface area (Å²) in [5.74, 6) is -0.397. The van der Waals surface area contributed by atoms with Gasteiger partial charge in [-0.15, -0.1) is 11.3 Å². The Hall–Kier alpha value is -1.33. The molecule has 0 radical (unpaired) electrons. The number of nitrogens with two attached hydrogens (primary N) is 1. The van der Waals surface area contributed by atoms with E-state index < -0.39 is 5.97 Å². The minimum atomic E-state index is -0.397. The summed E-state index contributed by atoms with van der Waals surface area (Å²) < 4.78 is 5.62. The summed E-state index contributed by atoms with van der Waals surface area (Å²) in [4.78, 5) is 11.9. The number of nitrogen functional groups attached to an aromatic ring is 1. The lowest BCUT2D eigenvalue weighted by molar-refractivity contribution is 0.0607. The Morgan fingerprint density at radius 2 is 2.06 bits per heavy atom. The third-order valence-electron chi connectivity index (χ3n) is 2.36. The summed E-state index contributed by atoms with van der Waals surface area (Å²) in [5.41, 5.74) is 8.25. The van der Waals surface area contributed by atoms with Gasteiger partial charge in [-0.2, -0.15) is 0 Å². The number of hydrogen-bond acceptors (Lipinski definition) is 4. The first-order valence-electron chi connectivity index (χ1n) is 4.85. The summed E-state index contributed by atoms with van der Waals surface area (Å²) in [6, 6.07) is 7.74. The van der Waals surface area contributed by atoms with Crippen LogP contribution in [0.4, 0.5) is 5.69 Å². The van der Waals surface area contributed by atoms with Gasteiger partial charge >= 0.3 is 5.97 Å². The highest BCUT2D eigenvalue weighted by atomic mass is 79.9. The van der Waals surface area contributed by atoms with Crippen LogP contribution >= 0.6 is 27.3 Å². The van der Waals surface area contributed by atoms with Gasteiger partial charge in [0.25, 0.3) is 0 Å². The standard InChI is InChI=1S/C12H10BrNO2S/c1-16-12(15)11-10(14)8(6-17-11)7-4-2-3-5-9(7)13/h2-6H,14H2,1H3. The monoisotopic (exact) mass is 311 g/mol. The summed E-state index contributed by atoms with van der Waals surface area (Å²) in [5, 5.41) is 1.86. The molecule has 88 valence electrons. The van der Waals surface area contributed by atoms with E-state index in [1.165, 1.54) is 18.4 Å². The van der Waals surface area contributed by atoms with Gasteiger partial charge in [-0.25, -0.2) is 4.79 Å². The van der Waals surface area contributed by atoms with Crippen LogP contribution in [-0.2, 0) is 4.74 Å². The predicted molar refractivity (Wildman–Crippen MR) is 73.2 cm³/mol. The molecule has 0 bridgehead atoms. The number of esters is 1. The Kier molecular flexibility index (Phi) is 3.49. The summed E-state index contributed by atoms with van der Waals surface area (Å²) >= 11 is 4.76. The zero-order valence-electron chi connectivity index (χ0n) is 9.07. The second-order valence-corrected chi connectivity index (χ2v) is 5.10. The van der Waals surface area contributed by atoms with E-state index in [1.807, 2.05) is 29.6 Å². The first kappa shape index (κ1) is 12.1. The smallest absolute Gasteiger partial charge is 0.350 e. The van der Waals surface area contributed by atoms with E-state index in [1.54, 1.807) is 0 Å². The van der Waals surface area contributed by atoms with E-state index in [0.29, 0.717) is 10.6 Å². The first-order chi connectivity index (χ1) is 8.15. The Labute approximate surface area is 111 Å². The van der Waals surface area contributed by atoms with Crippen LogP contribution in [0, 0.1) is 0 Å². The van der Waals surface area contributed by atoms with Crippen LogP contribution in [0.3, 0.4) is 0 Å². The van der Waals surface area contributed by atoms with E-state index in [2.05, 4.69) is 20.7 Å². The maximum absolute atomic E-state index is 11.5. The van der Waals surface area contributed by atoms with Crippen molar-refractivity contribution in [3.63, 3.8) is 0 Å². The van der Waals surface area contributed by atoms with E-state index in [0.717, 1.165) is 15.6 Å². The number of anilines is 1. The Morgan fingerprint density at radius 3 is 2.71 bits per heavy atom. The van der Waals surface area contributed by atoms with Gasteiger partial charge in [0.15, 0.2) is 0 Å². The third kappa shape index (κ3) is 2.21. The molecule has 1 aromatic carbocycles. The van der Waals surface area contributed by atoms with Crippen LogP contribution in [0.15, 0.2) is 34.1 Å². The maximum Gasteiger partial charge on any atom is 0.350 e. The number of halogens is 1. The van der Waals surface area contributed by atoms with Crippen molar-refractivity contribution in [2.24, 2.45) is 0 Å². The van der Waals surface area contributed by atoms with Crippen molar-refractivity contribution in [1.29, 1.82) is 0 Å². The van der Waals surface area contributed by atoms with E-state index in [4.69, 9.17) is 5.73 Å². The topological polar surface area (TPSA) is 52.3 Å². The summed E-state index contributed by atoms with van der Waals surface area (Å²) in [6.07, 6.45) is 0. The van der Waals surface area contributed by atoms with Crippen LogP contribution < -0.4 is 5.73 Å². The first-order valence-corrected chi connectivity index (χ1v) is 6.52. The van der Waals surface area contributed by atoms with Gasteiger partial charge in [0, 0.05) is 15.4 Å². The van der Waals surface area contributed by atoms with Crippen LogP contribution in [0.25, 0.3) is 11.1 Å². The lowest BCUT2D eigenvalue weighted by Gasteiger charge is -2.04. The quantitative estimate of drug-likeness (QED) is 0.863. The lowest BCUT2D eigenvalue weighted by Crippen LogP contribution is -2.02. The largest absolute Gasteiger partial charge is 0.465 e. The molecule has 3 nitrogen and oxygen atoms in total. The van der Waals surface area contributed by atoms with Crippen molar-refractivity contribution >= 4 is 38.9 Å². The molecule has 0 unspecified atom stereocenters. The zero-order valence-corrected chi connectivity index (χ0v) is 11.5. The maximum atomic E-state index is 11.5. The van der Waals surface area contributed by atoms with E-state index in [9.17, 15) is 4.79 Å². The number of ether oxygens (including phenoxy) is 1. The zero-order chi connectivity index (χ0) is 12.4. The number of carbonyl (C=O) groups excluding carboxylic acids is 1. The average Bonchev–Trinajstić information content (AvgIpc) is 2.71. The fraction of sp³-hybridized carbons (Fsp3) is 0.0833. The molecule has 0 atom stereocenters. The number of thiophene rings is 1. The van der Waals surface area contributed by atoms with E-state index >= 15 is 0 Å². The number of carbonyl (C=O) groups is 1. The van der Waals surface area contributed by atoms with Crippen LogP contribution in [-0.4, -0.2) is 13.1 Å². The molecule has 2 N–H and O–H groups in total. The van der Waals surface area contributed by atoms with Gasteiger partial charge in [-0.05, 0) is 11.6 Å². The Morgan fingerprint density at radius 1 is 1.35 bits per heavy atom. The van der Waals surface area contributed by atoms with Crippen molar-refractivity contribution in [3.05, 3.63) is 39.0 Å². The van der Waals surface area contributed by atoms with Gasteiger partial charge in [-0.3, -0.25) is 0 Å². The van der Waals surface area contributed by atoms with Crippen molar-refractivity contribution in [1.82, 2.24) is 0 Å². The van der Waals surface area contributed by atoms with Crippen LogP contribution in [0.5, 0.6) is 0 Å². The number of rotatable bonds is 2. The Balaban J connectivity index is 2.52. The van der Waals surface area contributed by atoms with Crippen molar-refractivity contribution in [2.75, 3.05) is 12.8 Å². The molecule has 0 saturated carbocycles. The Bertz CT molecular complexity index is 565. The molecule has 5 heteroatoms. The molecular formula is C12H10BrNO2S. The molecule has 2 aromatic rings. The lowest BCUT2D eigenvalue weighted by atomic mass is 10.1. The number of benzene rings is 1. The number of hydrogen-bond donors (Lipinski definition) is 1. The molecule has 0 aliphatic carbocycles. The van der Waals surface area contributed by atoms with Crippen molar-refractivity contribution in [3.8, 4) is 11.1 Å².